The third kappa shape index (κ3) is 4.84. The summed E-state index contributed by atoms with van der Waals surface area (Å²) in [7, 11) is -2.38. The molecule has 0 saturated heterocycles. The van der Waals surface area contributed by atoms with Gasteiger partial charge in [0.05, 0.1) is 9.79 Å². The zero-order valence-electron chi connectivity index (χ0n) is 14.4. The molecule has 0 aliphatic heterocycles. The number of hydrogen-bond acceptors (Lipinski definition) is 4. The van der Waals surface area contributed by atoms with Crippen molar-refractivity contribution in [2.45, 2.75) is 48.1 Å². The fourth-order valence-electron chi connectivity index (χ4n) is 3.28. The van der Waals surface area contributed by atoms with Crippen LogP contribution in [0.4, 0.5) is 0 Å². The summed E-state index contributed by atoms with van der Waals surface area (Å²) < 4.78 is 50.8. The third-order valence-electron chi connectivity index (χ3n) is 4.70. The van der Waals surface area contributed by atoms with Crippen molar-refractivity contribution >= 4 is 41.4 Å². The fourth-order valence-corrected chi connectivity index (χ4v) is 5.85. The van der Waals surface area contributed by atoms with E-state index in [1.807, 2.05) is 12.1 Å². The van der Waals surface area contributed by atoms with Gasteiger partial charge >= 0.3 is 0 Å². The highest BCUT2D eigenvalue weighted by Gasteiger charge is 2.33. The van der Waals surface area contributed by atoms with Crippen molar-refractivity contribution in [3.05, 3.63) is 59.1 Å². The maximum atomic E-state index is 13.3. The first-order valence-corrected chi connectivity index (χ1v) is 12.6. The molecule has 0 N–H and O–H groups in total. The van der Waals surface area contributed by atoms with Gasteiger partial charge in [0.25, 0.3) is 9.05 Å². The van der Waals surface area contributed by atoms with E-state index in [2.05, 4.69) is 0 Å². The van der Waals surface area contributed by atoms with Crippen molar-refractivity contribution in [1.82, 2.24) is 4.31 Å². The molecule has 5 nitrogen and oxygen atoms in total. The molecule has 0 amide bonds. The molecular formula is C18H19Cl2NO4S2. The molecule has 27 heavy (non-hydrogen) atoms. The van der Waals surface area contributed by atoms with Crippen molar-refractivity contribution < 1.29 is 16.8 Å². The van der Waals surface area contributed by atoms with Gasteiger partial charge in [-0.25, -0.2) is 16.8 Å². The smallest absolute Gasteiger partial charge is 0.207 e. The minimum Gasteiger partial charge on any atom is -0.207 e. The lowest BCUT2D eigenvalue weighted by Gasteiger charge is -2.28. The van der Waals surface area contributed by atoms with Crippen molar-refractivity contribution in [2.24, 2.45) is 0 Å². The number of benzene rings is 2. The minimum absolute atomic E-state index is 0.0485. The van der Waals surface area contributed by atoms with Crippen LogP contribution in [0.5, 0.6) is 0 Å². The van der Waals surface area contributed by atoms with E-state index < -0.39 is 19.1 Å². The highest BCUT2D eigenvalue weighted by atomic mass is 35.7. The second-order valence-corrected chi connectivity index (χ2v) is 11.4. The Morgan fingerprint density at radius 1 is 0.852 bits per heavy atom. The highest BCUT2D eigenvalue weighted by Crippen LogP contribution is 2.31. The Kier molecular flexibility index (Phi) is 6.17. The summed E-state index contributed by atoms with van der Waals surface area (Å²) in [5, 5.41) is 0.590. The Bertz CT molecular complexity index is 998. The Balaban J connectivity index is 1.95. The van der Waals surface area contributed by atoms with Crippen LogP contribution >= 0.6 is 22.3 Å². The molecule has 146 valence electrons. The number of halogens is 2. The Labute approximate surface area is 169 Å². The van der Waals surface area contributed by atoms with Crippen LogP contribution in [0.1, 0.15) is 31.2 Å². The van der Waals surface area contributed by atoms with Crippen molar-refractivity contribution in [3.8, 4) is 0 Å². The SMILES string of the molecule is O=S(=O)(Cl)c1ccc(S(=O)(=O)N(Cc2ccc(Cl)cc2)C2CCCC2)cc1. The zero-order valence-corrected chi connectivity index (χ0v) is 17.5. The van der Waals surface area contributed by atoms with Gasteiger partial charge in [0.15, 0.2) is 0 Å². The van der Waals surface area contributed by atoms with Gasteiger partial charge in [-0.3, -0.25) is 0 Å². The van der Waals surface area contributed by atoms with E-state index in [-0.39, 0.29) is 22.4 Å². The second-order valence-electron chi connectivity index (χ2n) is 6.52. The van der Waals surface area contributed by atoms with Gasteiger partial charge in [-0.2, -0.15) is 4.31 Å². The van der Waals surface area contributed by atoms with E-state index in [4.69, 9.17) is 22.3 Å². The van der Waals surface area contributed by atoms with Gasteiger partial charge in [0.1, 0.15) is 0 Å². The van der Waals surface area contributed by atoms with Crippen LogP contribution < -0.4 is 0 Å². The van der Waals surface area contributed by atoms with Crippen LogP contribution in [-0.2, 0) is 25.6 Å². The van der Waals surface area contributed by atoms with Crippen LogP contribution in [-0.4, -0.2) is 27.2 Å². The molecular weight excluding hydrogens is 429 g/mol. The summed E-state index contributed by atoms with van der Waals surface area (Å²) in [5.41, 5.74) is 0.842. The predicted octanol–water partition coefficient (Wildman–Crippen LogP) is 4.40. The Morgan fingerprint density at radius 2 is 1.37 bits per heavy atom. The Morgan fingerprint density at radius 3 is 1.89 bits per heavy atom. The van der Waals surface area contributed by atoms with Gasteiger partial charge in [-0.05, 0) is 54.8 Å². The molecule has 0 atom stereocenters. The van der Waals surface area contributed by atoms with E-state index in [0.717, 1.165) is 31.2 Å². The number of sulfonamides is 1. The van der Waals surface area contributed by atoms with Crippen LogP contribution in [0.3, 0.4) is 0 Å². The van der Waals surface area contributed by atoms with Crippen molar-refractivity contribution in [1.29, 1.82) is 0 Å². The maximum absolute atomic E-state index is 13.3. The quantitative estimate of drug-likeness (QED) is 0.615. The van der Waals surface area contributed by atoms with Crippen LogP contribution in [0, 0.1) is 0 Å². The largest absolute Gasteiger partial charge is 0.261 e. The van der Waals surface area contributed by atoms with Crippen molar-refractivity contribution in [3.63, 3.8) is 0 Å². The summed E-state index contributed by atoms with van der Waals surface area (Å²) in [6.45, 7) is 0.236. The maximum Gasteiger partial charge on any atom is 0.261 e. The molecule has 9 heteroatoms. The average molecular weight is 448 g/mol. The van der Waals surface area contributed by atoms with E-state index in [0.29, 0.717) is 5.02 Å². The van der Waals surface area contributed by atoms with Gasteiger partial charge in [-0.1, -0.05) is 36.6 Å². The molecule has 1 aliphatic carbocycles. The Hall–Kier alpha value is -1.12. The summed E-state index contributed by atoms with van der Waals surface area (Å²) in [4.78, 5) is -0.0827. The molecule has 1 aliphatic rings. The standard InChI is InChI=1S/C18H19Cl2NO4S2/c19-15-7-5-14(6-8-15)13-21(16-3-1-2-4-16)27(24,25)18-11-9-17(10-12-18)26(20,22)23/h5-12,16H,1-4,13H2. The third-order valence-corrected chi connectivity index (χ3v) is 8.23. The van der Waals surface area contributed by atoms with E-state index >= 15 is 0 Å². The predicted molar refractivity (Wildman–Crippen MR) is 106 cm³/mol. The summed E-state index contributed by atoms with van der Waals surface area (Å²) in [6, 6.07) is 12.0. The van der Waals surface area contributed by atoms with Gasteiger partial charge in [0, 0.05) is 28.3 Å². The second kappa shape index (κ2) is 8.09. The number of nitrogens with zero attached hydrogens (tertiary/aromatic N) is 1. The summed E-state index contributed by atoms with van der Waals surface area (Å²) >= 11 is 5.92. The molecule has 0 aromatic heterocycles. The van der Waals surface area contributed by atoms with Gasteiger partial charge in [0.2, 0.25) is 10.0 Å². The number of hydrogen-bond donors (Lipinski definition) is 0. The lowest BCUT2D eigenvalue weighted by molar-refractivity contribution is 0.316. The first kappa shape index (κ1) is 20.6. The first-order valence-electron chi connectivity index (χ1n) is 8.49. The highest BCUT2D eigenvalue weighted by molar-refractivity contribution is 8.13. The van der Waals surface area contributed by atoms with Crippen LogP contribution in [0.2, 0.25) is 5.02 Å². The van der Waals surface area contributed by atoms with E-state index in [9.17, 15) is 16.8 Å². The first-order chi connectivity index (χ1) is 12.7. The molecule has 1 fully saturated rings. The molecule has 0 spiro atoms. The molecule has 0 unspecified atom stereocenters. The average Bonchev–Trinajstić information content (AvgIpc) is 3.14. The monoisotopic (exact) mass is 447 g/mol. The van der Waals surface area contributed by atoms with E-state index in [1.165, 1.54) is 28.6 Å². The molecule has 0 heterocycles. The van der Waals surface area contributed by atoms with E-state index in [1.54, 1.807) is 12.1 Å². The topological polar surface area (TPSA) is 71.5 Å². The molecule has 2 aromatic rings. The van der Waals surface area contributed by atoms with Gasteiger partial charge < -0.3 is 0 Å². The van der Waals surface area contributed by atoms with Crippen molar-refractivity contribution in [2.75, 3.05) is 0 Å². The zero-order chi connectivity index (χ0) is 19.7. The summed E-state index contributed by atoms with van der Waals surface area (Å²) in [5.74, 6) is 0. The lowest BCUT2D eigenvalue weighted by atomic mass is 10.2. The van der Waals surface area contributed by atoms with Crippen LogP contribution in [0.25, 0.3) is 0 Å². The molecule has 0 radical (unpaired) electrons. The summed E-state index contributed by atoms with van der Waals surface area (Å²) in [6.07, 6.45) is 3.59. The molecule has 1 saturated carbocycles. The fraction of sp³-hybridized carbons (Fsp3) is 0.333. The molecule has 0 bridgehead atoms. The molecule has 2 aromatic carbocycles. The van der Waals surface area contributed by atoms with Gasteiger partial charge in [-0.15, -0.1) is 0 Å². The number of rotatable bonds is 6. The van der Waals surface area contributed by atoms with Crippen LogP contribution in [0.15, 0.2) is 58.3 Å². The normalized spacial score (nSPS) is 16.1. The minimum atomic E-state index is -3.90. The molecule has 3 rings (SSSR count). The lowest BCUT2D eigenvalue weighted by Crippen LogP contribution is -2.38.